The maximum Gasteiger partial charge on any atom is 0.262 e. The third kappa shape index (κ3) is 3.19. The van der Waals surface area contributed by atoms with Crippen LogP contribution in [0.25, 0.3) is 10.9 Å². The Labute approximate surface area is 149 Å². The van der Waals surface area contributed by atoms with Crippen LogP contribution in [-0.2, 0) is 6.42 Å². The first-order valence-electron chi connectivity index (χ1n) is 8.71. The molecule has 0 unspecified atom stereocenters. The van der Waals surface area contributed by atoms with Gasteiger partial charge in [0.1, 0.15) is 5.75 Å². The third-order valence-electron chi connectivity index (χ3n) is 4.66. The van der Waals surface area contributed by atoms with Crippen LogP contribution in [0.2, 0.25) is 0 Å². The molecule has 0 saturated heterocycles. The molecule has 2 aromatic carbocycles. The largest absolute Gasteiger partial charge is 0.497 e. The Hall–Kier alpha value is -2.55. The lowest BCUT2D eigenvalue weighted by Crippen LogP contribution is -2.14. The van der Waals surface area contributed by atoms with Crippen molar-refractivity contribution < 1.29 is 9.53 Å². The van der Waals surface area contributed by atoms with Crippen LogP contribution in [0.4, 0.5) is 0 Å². The summed E-state index contributed by atoms with van der Waals surface area (Å²) in [5.74, 6) is 1.35. The van der Waals surface area contributed by atoms with Gasteiger partial charge >= 0.3 is 0 Å². The van der Waals surface area contributed by atoms with E-state index < -0.39 is 0 Å². The van der Waals surface area contributed by atoms with E-state index in [1.807, 2.05) is 60.9 Å². The summed E-state index contributed by atoms with van der Waals surface area (Å²) in [6.45, 7) is 8.46. The van der Waals surface area contributed by atoms with Crippen molar-refractivity contribution in [1.82, 2.24) is 4.57 Å². The van der Waals surface area contributed by atoms with E-state index in [1.54, 1.807) is 7.11 Å². The molecule has 25 heavy (non-hydrogen) atoms. The first-order chi connectivity index (χ1) is 11.9. The van der Waals surface area contributed by atoms with Crippen molar-refractivity contribution in [3.8, 4) is 5.75 Å². The molecule has 1 heterocycles. The highest BCUT2D eigenvalue weighted by Crippen LogP contribution is 2.31. The van der Waals surface area contributed by atoms with Crippen LogP contribution in [0.15, 0.2) is 42.5 Å². The van der Waals surface area contributed by atoms with Crippen LogP contribution in [0, 0.1) is 19.8 Å². The van der Waals surface area contributed by atoms with Crippen LogP contribution >= 0.6 is 0 Å². The Kier molecular flexibility index (Phi) is 4.67. The summed E-state index contributed by atoms with van der Waals surface area (Å²) in [6, 6.07) is 13.7. The molecular weight excluding hydrogens is 310 g/mol. The van der Waals surface area contributed by atoms with E-state index in [1.165, 1.54) is 5.56 Å². The molecule has 0 amide bonds. The molecule has 0 bridgehead atoms. The van der Waals surface area contributed by atoms with E-state index in [0.717, 1.165) is 34.3 Å². The number of carbonyl (C=O) groups is 1. The van der Waals surface area contributed by atoms with Gasteiger partial charge in [-0.1, -0.05) is 31.5 Å². The van der Waals surface area contributed by atoms with Crippen molar-refractivity contribution in [3.05, 3.63) is 64.8 Å². The Bertz CT molecular complexity index is 917. The smallest absolute Gasteiger partial charge is 0.262 e. The lowest BCUT2D eigenvalue weighted by molar-refractivity contribution is 0.0963. The monoisotopic (exact) mass is 335 g/mol. The van der Waals surface area contributed by atoms with Gasteiger partial charge < -0.3 is 4.74 Å². The topological polar surface area (TPSA) is 31.2 Å². The van der Waals surface area contributed by atoms with E-state index in [2.05, 4.69) is 13.8 Å². The number of ether oxygens (including phenoxy) is 1. The maximum absolute atomic E-state index is 13.2. The highest BCUT2D eigenvalue weighted by Gasteiger charge is 2.20. The van der Waals surface area contributed by atoms with Crippen molar-refractivity contribution in [3.63, 3.8) is 0 Å². The van der Waals surface area contributed by atoms with Crippen molar-refractivity contribution in [2.24, 2.45) is 5.92 Å². The van der Waals surface area contributed by atoms with E-state index in [-0.39, 0.29) is 5.91 Å². The summed E-state index contributed by atoms with van der Waals surface area (Å²) >= 11 is 0. The molecule has 0 aliphatic heterocycles. The standard InChI is InChI=1S/C22H25NO2/c1-14(2)12-19-16(4)23(21-11-10-18(25-5)13-20(19)21)22(24)17-8-6-15(3)7-9-17/h6-11,13-14H,12H2,1-5H3. The number of hydrogen-bond acceptors (Lipinski definition) is 2. The number of aromatic nitrogens is 1. The molecule has 0 saturated carbocycles. The minimum Gasteiger partial charge on any atom is -0.497 e. The number of rotatable bonds is 4. The number of carbonyl (C=O) groups excluding carboxylic acids is 1. The Balaban J connectivity index is 2.22. The van der Waals surface area contributed by atoms with Crippen molar-refractivity contribution in [2.75, 3.05) is 7.11 Å². The molecule has 1 aromatic heterocycles. The molecule has 3 nitrogen and oxygen atoms in total. The van der Waals surface area contributed by atoms with Gasteiger partial charge in [0.2, 0.25) is 0 Å². The minimum atomic E-state index is 0.0164. The molecule has 0 atom stereocenters. The van der Waals surface area contributed by atoms with E-state index >= 15 is 0 Å². The number of aryl methyl sites for hydroxylation is 1. The maximum atomic E-state index is 13.2. The quantitative estimate of drug-likeness (QED) is 0.660. The molecule has 3 rings (SSSR count). The Morgan fingerprint density at radius 1 is 1.08 bits per heavy atom. The second-order valence-corrected chi connectivity index (χ2v) is 7.05. The average molecular weight is 335 g/mol. The first kappa shape index (κ1) is 17.3. The highest BCUT2D eigenvalue weighted by molar-refractivity contribution is 6.04. The lowest BCUT2D eigenvalue weighted by Gasteiger charge is -2.09. The molecule has 0 aliphatic carbocycles. The first-order valence-corrected chi connectivity index (χ1v) is 8.71. The second-order valence-electron chi connectivity index (χ2n) is 7.05. The average Bonchev–Trinajstić information content (AvgIpc) is 2.86. The predicted octanol–water partition coefficient (Wildman–Crippen LogP) is 5.15. The SMILES string of the molecule is COc1ccc2c(c1)c(CC(C)C)c(C)n2C(=O)c1ccc(C)cc1. The fraction of sp³-hybridized carbons (Fsp3) is 0.318. The number of benzene rings is 2. The molecule has 0 radical (unpaired) electrons. The van der Waals surface area contributed by atoms with Crippen LogP contribution in [0.5, 0.6) is 5.75 Å². The fourth-order valence-corrected chi connectivity index (χ4v) is 3.34. The number of methoxy groups -OCH3 is 1. The molecule has 3 aromatic rings. The van der Waals surface area contributed by atoms with Gasteiger partial charge in [-0.05, 0) is 62.1 Å². The molecule has 0 N–H and O–H groups in total. The fourth-order valence-electron chi connectivity index (χ4n) is 3.34. The minimum absolute atomic E-state index is 0.0164. The zero-order valence-electron chi connectivity index (χ0n) is 15.6. The molecule has 130 valence electrons. The number of fused-ring (bicyclic) bond motifs is 1. The van der Waals surface area contributed by atoms with Gasteiger partial charge in [-0.25, -0.2) is 0 Å². The molecule has 3 heteroatoms. The van der Waals surface area contributed by atoms with Gasteiger partial charge in [0.15, 0.2) is 0 Å². The molecule has 0 fully saturated rings. The summed E-state index contributed by atoms with van der Waals surface area (Å²) < 4.78 is 7.24. The van der Waals surface area contributed by atoms with Crippen LogP contribution in [-0.4, -0.2) is 17.6 Å². The van der Waals surface area contributed by atoms with Crippen molar-refractivity contribution in [1.29, 1.82) is 0 Å². The summed E-state index contributed by atoms with van der Waals surface area (Å²) in [5.41, 5.74) is 5.04. The Morgan fingerprint density at radius 3 is 2.36 bits per heavy atom. The third-order valence-corrected chi connectivity index (χ3v) is 4.66. The zero-order valence-corrected chi connectivity index (χ0v) is 15.6. The van der Waals surface area contributed by atoms with Crippen LogP contribution < -0.4 is 4.74 Å². The zero-order chi connectivity index (χ0) is 18.1. The molecular formula is C22H25NO2. The van der Waals surface area contributed by atoms with Crippen molar-refractivity contribution in [2.45, 2.75) is 34.1 Å². The van der Waals surface area contributed by atoms with Gasteiger partial charge in [0.05, 0.1) is 12.6 Å². The van der Waals surface area contributed by atoms with Gasteiger partial charge in [-0.3, -0.25) is 9.36 Å². The molecule has 0 aliphatic rings. The summed E-state index contributed by atoms with van der Waals surface area (Å²) in [6.07, 6.45) is 0.934. The van der Waals surface area contributed by atoms with Crippen molar-refractivity contribution >= 4 is 16.8 Å². The highest BCUT2D eigenvalue weighted by atomic mass is 16.5. The summed E-state index contributed by atoms with van der Waals surface area (Å²) in [5, 5.41) is 1.10. The van der Waals surface area contributed by atoms with Gasteiger partial charge in [-0.2, -0.15) is 0 Å². The summed E-state index contributed by atoms with van der Waals surface area (Å²) in [4.78, 5) is 13.2. The Morgan fingerprint density at radius 2 is 1.76 bits per heavy atom. The van der Waals surface area contributed by atoms with E-state index in [0.29, 0.717) is 11.5 Å². The van der Waals surface area contributed by atoms with Crippen LogP contribution in [0.1, 0.15) is 41.0 Å². The molecule has 0 spiro atoms. The normalized spacial score (nSPS) is 11.3. The van der Waals surface area contributed by atoms with Gasteiger partial charge in [0, 0.05) is 16.6 Å². The van der Waals surface area contributed by atoms with E-state index in [9.17, 15) is 4.79 Å². The predicted molar refractivity (Wildman–Crippen MR) is 103 cm³/mol. The van der Waals surface area contributed by atoms with Gasteiger partial charge in [-0.15, -0.1) is 0 Å². The van der Waals surface area contributed by atoms with Crippen LogP contribution in [0.3, 0.4) is 0 Å². The summed E-state index contributed by atoms with van der Waals surface area (Å²) in [7, 11) is 1.67. The van der Waals surface area contributed by atoms with E-state index in [4.69, 9.17) is 4.74 Å². The lowest BCUT2D eigenvalue weighted by atomic mass is 10.00. The second kappa shape index (κ2) is 6.75. The number of hydrogen-bond donors (Lipinski definition) is 0. The van der Waals surface area contributed by atoms with Gasteiger partial charge in [0.25, 0.3) is 5.91 Å². The number of nitrogens with zero attached hydrogens (tertiary/aromatic N) is 1.